The second-order valence-corrected chi connectivity index (χ2v) is 8.59. The zero-order chi connectivity index (χ0) is 16.0. The summed E-state index contributed by atoms with van der Waals surface area (Å²) in [5.74, 6) is 1.07. The standard InChI is InChI=1S/C16H17FN2O3S/c17-13-4-2-1-3-12(13)14-7-18-16(22-14)10-19-8-11-5-6-23(20,21)15(11)9-19/h1-4,7,11,15H,5-6,8-10H2/t11-,15+/m0/s1. The van der Waals surface area contributed by atoms with Gasteiger partial charge in [0.2, 0.25) is 5.89 Å². The molecule has 0 unspecified atom stereocenters. The van der Waals surface area contributed by atoms with Gasteiger partial charge in [-0.05, 0) is 24.5 Å². The van der Waals surface area contributed by atoms with Crippen LogP contribution in [-0.4, -0.2) is 42.4 Å². The Hall–Kier alpha value is -1.73. The maximum atomic E-state index is 13.8. The number of rotatable bonds is 3. The molecule has 1 aromatic heterocycles. The van der Waals surface area contributed by atoms with Gasteiger partial charge in [-0.2, -0.15) is 0 Å². The average molecular weight is 336 g/mol. The summed E-state index contributed by atoms with van der Waals surface area (Å²) in [5, 5.41) is -0.247. The fourth-order valence-corrected chi connectivity index (χ4v) is 5.75. The Morgan fingerprint density at radius 2 is 2.13 bits per heavy atom. The highest BCUT2D eigenvalue weighted by molar-refractivity contribution is 7.92. The first-order chi connectivity index (χ1) is 11.0. The predicted molar refractivity (Wildman–Crippen MR) is 82.9 cm³/mol. The minimum absolute atomic E-state index is 0.223. The normalized spacial score (nSPS) is 26.5. The average Bonchev–Trinajstić information content (AvgIpc) is 3.19. The molecule has 0 aliphatic carbocycles. The van der Waals surface area contributed by atoms with Crippen molar-refractivity contribution in [3.8, 4) is 11.3 Å². The molecule has 1 aromatic carbocycles. The van der Waals surface area contributed by atoms with Gasteiger partial charge in [-0.3, -0.25) is 4.90 Å². The van der Waals surface area contributed by atoms with Crippen molar-refractivity contribution in [2.75, 3.05) is 18.8 Å². The first-order valence-corrected chi connectivity index (χ1v) is 9.38. The zero-order valence-corrected chi connectivity index (χ0v) is 13.3. The van der Waals surface area contributed by atoms with Crippen LogP contribution in [0.5, 0.6) is 0 Å². The first kappa shape index (κ1) is 14.8. The molecule has 122 valence electrons. The summed E-state index contributed by atoms with van der Waals surface area (Å²) in [6, 6.07) is 6.39. The molecule has 2 fully saturated rings. The molecule has 0 amide bonds. The molecule has 5 nitrogen and oxygen atoms in total. The van der Waals surface area contributed by atoms with Gasteiger partial charge >= 0.3 is 0 Å². The van der Waals surface area contributed by atoms with E-state index >= 15 is 0 Å². The molecule has 0 bridgehead atoms. The van der Waals surface area contributed by atoms with Gasteiger partial charge in [0.15, 0.2) is 15.6 Å². The minimum Gasteiger partial charge on any atom is -0.439 e. The molecular formula is C16H17FN2O3S. The third-order valence-electron chi connectivity index (χ3n) is 4.74. The van der Waals surface area contributed by atoms with Crippen molar-refractivity contribution in [2.45, 2.75) is 18.2 Å². The third kappa shape index (κ3) is 2.68. The van der Waals surface area contributed by atoms with Crippen LogP contribution in [-0.2, 0) is 16.4 Å². The van der Waals surface area contributed by atoms with Crippen LogP contribution in [0.1, 0.15) is 12.3 Å². The smallest absolute Gasteiger partial charge is 0.209 e. The van der Waals surface area contributed by atoms with Crippen molar-refractivity contribution in [3.05, 3.63) is 42.2 Å². The van der Waals surface area contributed by atoms with Gasteiger partial charge < -0.3 is 4.42 Å². The molecule has 0 saturated carbocycles. The van der Waals surface area contributed by atoms with Crippen molar-refractivity contribution in [2.24, 2.45) is 5.92 Å². The van der Waals surface area contributed by atoms with Crippen LogP contribution in [0.3, 0.4) is 0 Å². The number of benzene rings is 1. The Morgan fingerprint density at radius 3 is 2.91 bits per heavy atom. The molecule has 0 spiro atoms. The van der Waals surface area contributed by atoms with Gasteiger partial charge in [-0.25, -0.2) is 17.8 Å². The summed E-state index contributed by atoms with van der Waals surface area (Å²) >= 11 is 0. The molecule has 7 heteroatoms. The van der Waals surface area contributed by atoms with Crippen LogP contribution >= 0.6 is 0 Å². The van der Waals surface area contributed by atoms with Gasteiger partial charge in [0.1, 0.15) is 5.82 Å². The highest BCUT2D eigenvalue weighted by atomic mass is 32.2. The van der Waals surface area contributed by atoms with Crippen molar-refractivity contribution in [1.29, 1.82) is 0 Å². The number of sulfone groups is 1. The van der Waals surface area contributed by atoms with E-state index in [1.807, 2.05) is 0 Å². The molecule has 2 aliphatic rings. The number of fused-ring (bicyclic) bond motifs is 1. The molecule has 2 aliphatic heterocycles. The lowest BCUT2D eigenvalue weighted by Gasteiger charge is -2.13. The number of hydrogen-bond donors (Lipinski definition) is 0. The van der Waals surface area contributed by atoms with Crippen molar-refractivity contribution in [1.82, 2.24) is 9.88 Å². The number of aromatic nitrogens is 1. The first-order valence-electron chi connectivity index (χ1n) is 7.66. The highest BCUT2D eigenvalue weighted by Crippen LogP contribution is 2.34. The summed E-state index contributed by atoms with van der Waals surface area (Å²) in [6.45, 7) is 1.74. The number of oxazole rings is 1. The van der Waals surface area contributed by atoms with Crippen LogP contribution in [0.25, 0.3) is 11.3 Å². The Morgan fingerprint density at radius 1 is 1.30 bits per heavy atom. The number of likely N-dealkylation sites (tertiary alicyclic amines) is 1. The van der Waals surface area contributed by atoms with E-state index < -0.39 is 9.84 Å². The summed E-state index contributed by atoms with van der Waals surface area (Å²) in [5.41, 5.74) is 0.382. The van der Waals surface area contributed by atoms with E-state index in [4.69, 9.17) is 4.42 Å². The number of halogens is 1. The maximum absolute atomic E-state index is 13.8. The van der Waals surface area contributed by atoms with Crippen LogP contribution in [0, 0.1) is 11.7 Å². The van der Waals surface area contributed by atoms with E-state index in [0.717, 1.165) is 13.0 Å². The Labute approximate surface area is 134 Å². The third-order valence-corrected chi connectivity index (χ3v) is 7.00. The van der Waals surface area contributed by atoms with Crippen molar-refractivity contribution < 1.29 is 17.2 Å². The van der Waals surface area contributed by atoms with Gasteiger partial charge in [0.25, 0.3) is 0 Å². The van der Waals surface area contributed by atoms with Crippen LogP contribution in [0.4, 0.5) is 4.39 Å². The van der Waals surface area contributed by atoms with E-state index in [0.29, 0.717) is 36.1 Å². The molecule has 0 N–H and O–H groups in total. The lowest BCUT2D eigenvalue weighted by Crippen LogP contribution is -2.26. The van der Waals surface area contributed by atoms with Crippen molar-refractivity contribution >= 4 is 9.84 Å². The van der Waals surface area contributed by atoms with Gasteiger partial charge in [-0.1, -0.05) is 12.1 Å². The van der Waals surface area contributed by atoms with Crippen molar-refractivity contribution in [3.63, 3.8) is 0 Å². The molecule has 2 aromatic rings. The maximum Gasteiger partial charge on any atom is 0.209 e. The highest BCUT2D eigenvalue weighted by Gasteiger charge is 2.46. The number of nitrogens with zero attached hydrogens (tertiary/aromatic N) is 2. The Balaban J connectivity index is 1.48. The summed E-state index contributed by atoms with van der Waals surface area (Å²) in [7, 11) is -2.93. The lowest BCUT2D eigenvalue weighted by atomic mass is 10.1. The molecule has 2 saturated heterocycles. The minimum atomic E-state index is -2.93. The summed E-state index contributed by atoms with van der Waals surface area (Å²) in [4.78, 5) is 6.26. The van der Waals surface area contributed by atoms with E-state index in [-0.39, 0.29) is 17.0 Å². The van der Waals surface area contributed by atoms with E-state index in [1.54, 1.807) is 18.2 Å². The summed E-state index contributed by atoms with van der Waals surface area (Å²) < 4.78 is 43.3. The summed E-state index contributed by atoms with van der Waals surface area (Å²) in [6.07, 6.45) is 2.26. The fraction of sp³-hybridized carbons (Fsp3) is 0.438. The quantitative estimate of drug-likeness (QED) is 0.859. The number of hydrogen-bond acceptors (Lipinski definition) is 5. The van der Waals surface area contributed by atoms with E-state index in [2.05, 4.69) is 9.88 Å². The Kier molecular flexibility index (Phi) is 3.50. The molecule has 3 heterocycles. The lowest BCUT2D eigenvalue weighted by molar-refractivity contribution is 0.280. The van der Waals surface area contributed by atoms with Crippen LogP contribution in [0.2, 0.25) is 0 Å². The van der Waals surface area contributed by atoms with E-state index in [9.17, 15) is 12.8 Å². The predicted octanol–water partition coefficient (Wildman–Crippen LogP) is 2.10. The fourth-order valence-electron chi connectivity index (χ4n) is 3.57. The topological polar surface area (TPSA) is 63.4 Å². The van der Waals surface area contributed by atoms with Crippen LogP contribution in [0.15, 0.2) is 34.9 Å². The van der Waals surface area contributed by atoms with Crippen LogP contribution < -0.4 is 0 Å². The van der Waals surface area contributed by atoms with E-state index in [1.165, 1.54) is 12.3 Å². The monoisotopic (exact) mass is 336 g/mol. The molecule has 2 atom stereocenters. The Bertz CT molecular complexity index is 833. The SMILES string of the molecule is O=S1(=O)CC[C@H]2CN(Cc3ncc(-c4ccccc4F)o3)C[C@H]21. The van der Waals surface area contributed by atoms with Gasteiger partial charge in [-0.15, -0.1) is 0 Å². The van der Waals surface area contributed by atoms with Gasteiger partial charge in [0.05, 0.1) is 29.3 Å². The largest absolute Gasteiger partial charge is 0.439 e. The zero-order valence-electron chi connectivity index (χ0n) is 12.5. The second kappa shape index (κ2) is 5.42. The molecule has 4 rings (SSSR count). The molecule has 0 radical (unpaired) electrons. The van der Waals surface area contributed by atoms with Gasteiger partial charge in [0, 0.05) is 13.1 Å². The molecule has 23 heavy (non-hydrogen) atoms. The molecular weight excluding hydrogens is 319 g/mol. The second-order valence-electron chi connectivity index (χ2n) is 6.25.